The average molecular weight is 286 g/mol. The van der Waals surface area contributed by atoms with Crippen molar-refractivity contribution in [2.24, 2.45) is 0 Å². The van der Waals surface area contributed by atoms with Crippen LogP contribution in [0.5, 0.6) is 0 Å². The molecule has 1 aliphatic heterocycles. The second kappa shape index (κ2) is 5.57. The molecule has 3 N–H and O–H groups in total. The van der Waals surface area contributed by atoms with Crippen molar-refractivity contribution in [3.63, 3.8) is 0 Å². The smallest absolute Gasteiger partial charge is 0.244 e. The molecule has 1 aromatic carbocycles. The third kappa shape index (κ3) is 2.38. The molecule has 0 spiro atoms. The normalized spacial score (nSPS) is 18.7. The number of nitrogens with zero attached hydrogens (tertiary/aromatic N) is 2. The molecule has 0 bridgehead atoms. The second-order valence-corrected chi connectivity index (χ2v) is 4.98. The van der Waals surface area contributed by atoms with Gasteiger partial charge in [-0.2, -0.15) is 0 Å². The third-order valence-corrected chi connectivity index (χ3v) is 3.74. The number of aromatic nitrogens is 1. The Labute approximate surface area is 122 Å². The zero-order chi connectivity index (χ0) is 14.8. The van der Waals surface area contributed by atoms with Gasteiger partial charge in [0.2, 0.25) is 5.91 Å². The minimum absolute atomic E-state index is 0.0741. The fourth-order valence-electron chi connectivity index (χ4n) is 2.72. The van der Waals surface area contributed by atoms with E-state index in [1.807, 2.05) is 29.2 Å². The molecule has 1 unspecified atom stereocenters. The Hall–Kier alpha value is -2.34. The molecule has 1 saturated heterocycles. The van der Waals surface area contributed by atoms with Crippen molar-refractivity contribution in [2.45, 2.75) is 6.04 Å². The van der Waals surface area contributed by atoms with Crippen LogP contribution in [0.3, 0.4) is 0 Å². The summed E-state index contributed by atoms with van der Waals surface area (Å²) in [6.45, 7) is 1.55. The summed E-state index contributed by atoms with van der Waals surface area (Å²) >= 11 is 0. The standard InChI is InChI=1S/C15H18N4O2/c1-17-15(20)13-9-21-7-6-19(13)14-10-4-2-3-5-12(10)18-8-11(14)16/h2-5,8,13H,6-7,9,16H2,1H3,(H,17,20). The van der Waals surface area contributed by atoms with E-state index in [0.29, 0.717) is 25.4 Å². The number of rotatable bonds is 2. The zero-order valence-corrected chi connectivity index (χ0v) is 11.9. The predicted octanol–water partition coefficient (Wildman–Crippen LogP) is 0.768. The average Bonchev–Trinajstić information content (AvgIpc) is 2.54. The molecule has 1 fully saturated rings. The number of hydrogen-bond donors (Lipinski definition) is 2. The summed E-state index contributed by atoms with van der Waals surface area (Å²) in [5, 5.41) is 3.64. The number of fused-ring (bicyclic) bond motifs is 1. The van der Waals surface area contributed by atoms with Crippen LogP contribution in [-0.4, -0.2) is 43.7 Å². The Morgan fingerprint density at radius 2 is 2.29 bits per heavy atom. The third-order valence-electron chi connectivity index (χ3n) is 3.74. The van der Waals surface area contributed by atoms with Crippen LogP contribution in [0.2, 0.25) is 0 Å². The molecule has 21 heavy (non-hydrogen) atoms. The number of nitrogen functional groups attached to an aromatic ring is 1. The van der Waals surface area contributed by atoms with Gasteiger partial charge >= 0.3 is 0 Å². The van der Waals surface area contributed by atoms with Crippen LogP contribution < -0.4 is 16.0 Å². The van der Waals surface area contributed by atoms with Crippen molar-refractivity contribution in [2.75, 3.05) is 37.4 Å². The van der Waals surface area contributed by atoms with Gasteiger partial charge in [-0.05, 0) is 6.07 Å². The number of ether oxygens (including phenoxy) is 1. The van der Waals surface area contributed by atoms with Gasteiger partial charge in [-0.25, -0.2) is 0 Å². The number of morpholine rings is 1. The van der Waals surface area contributed by atoms with Crippen LogP contribution in [-0.2, 0) is 9.53 Å². The van der Waals surface area contributed by atoms with E-state index in [1.165, 1.54) is 0 Å². The first-order chi connectivity index (χ1) is 10.2. The van der Waals surface area contributed by atoms with Gasteiger partial charge < -0.3 is 20.7 Å². The van der Waals surface area contributed by atoms with E-state index in [-0.39, 0.29) is 11.9 Å². The largest absolute Gasteiger partial charge is 0.396 e. The van der Waals surface area contributed by atoms with Gasteiger partial charge in [0.15, 0.2) is 0 Å². The molecule has 0 saturated carbocycles. The summed E-state index contributed by atoms with van der Waals surface area (Å²) in [5.74, 6) is -0.0741. The highest BCUT2D eigenvalue weighted by Gasteiger charge is 2.31. The molecule has 2 aromatic rings. The summed E-state index contributed by atoms with van der Waals surface area (Å²) in [6, 6.07) is 7.42. The van der Waals surface area contributed by atoms with Crippen LogP contribution in [0.1, 0.15) is 0 Å². The van der Waals surface area contributed by atoms with Gasteiger partial charge in [0, 0.05) is 19.0 Å². The van der Waals surface area contributed by atoms with Crippen LogP contribution in [0, 0.1) is 0 Å². The number of nitrogens with one attached hydrogen (secondary N) is 1. The number of nitrogens with two attached hydrogens (primary N) is 1. The van der Waals surface area contributed by atoms with E-state index >= 15 is 0 Å². The topological polar surface area (TPSA) is 80.5 Å². The van der Waals surface area contributed by atoms with Gasteiger partial charge in [-0.15, -0.1) is 0 Å². The Morgan fingerprint density at radius 3 is 3.10 bits per heavy atom. The van der Waals surface area contributed by atoms with Gasteiger partial charge in [-0.3, -0.25) is 9.78 Å². The second-order valence-electron chi connectivity index (χ2n) is 4.98. The van der Waals surface area contributed by atoms with Crippen LogP contribution >= 0.6 is 0 Å². The first-order valence-electron chi connectivity index (χ1n) is 6.91. The number of carbonyl (C=O) groups excluding carboxylic acids is 1. The first-order valence-corrected chi connectivity index (χ1v) is 6.91. The fraction of sp³-hybridized carbons (Fsp3) is 0.333. The Balaban J connectivity index is 2.13. The minimum atomic E-state index is -0.378. The Morgan fingerprint density at radius 1 is 1.48 bits per heavy atom. The van der Waals surface area contributed by atoms with Gasteiger partial charge in [0.1, 0.15) is 6.04 Å². The lowest BCUT2D eigenvalue weighted by molar-refractivity contribution is -0.124. The molecule has 1 atom stereocenters. The van der Waals surface area contributed by atoms with Crippen molar-refractivity contribution in [1.29, 1.82) is 0 Å². The summed E-state index contributed by atoms with van der Waals surface area (Å²) in [4.78, 5) is 18.5. The number of benzene rings is 1. The van der Waals surface area contributed by atoms with Crippen molar-refractivity contribution in [3.05, 3.63) is 30.5 Å². The maximum absolute atomic E-state index is 12.1. The van der Waals surface area contributed by atoms with E-state index in [9.17, 15) is 4.79 Å². The van der Waals surface area contributed by atoms with Gasteiger partial charge in [0.05, 0.1) is 36.3 Å². The van der Waals surface area contributed by atoms with Crippen molar-refractivity contribution in [1.82, 2.24) is 10.3 Å². The van der Waals surface area contributed by atoms with Crippen molar-refractivity contribution >= 4 is 28.2 Å². The summed E-state index contributed by atoms with van der Waals surface area (Å²) < 4.78 is 5.45. The summed E-state index contributed by atoms with van der Waals surface area (Å²) in [7, 11) is 1.63. The van der Waals surface area contributed by atoms with Crippen LogP contribution in [0.15, 0.2) is 30.5 Å². The number of amides is 1. The predicted molar refractivity (Wildman–Crippen MR) is 82.2 cm³/mol. The zero-order valence-electron chi connectivity index (χ0n) is 11.9. The molecular formula is C15H18N4O2. The van der Waals surface area contributed by atoms with Gasteiger partial charge in [0.25, 0.3) is 0 Å². The van der Waals surface area contributed by atoms with E-state index in [0.717, 1.165) is 16.6 Å². The van der Waals surface area contributed by atoms with Crippen molar-refractivity contribution < 1.29 is 9.53 Å². The number of hydrogen-bond acceptors (Lipinski definition) is 5. The minimum Gasteiger partial charge on any atom is -0.396 e. The highest BCUT2D eigenvalue weighted by Crippen LogP contribution is 2.33. The molecule has 6 heteroatoms. The molecule has 3 rings (SSSR count). The molecule has 6 nitrogen and oxygen atoms in total. The Bertz CT molecular complexity index is 674. The molecule has 0 aliphatic carbocycles. The lowest BCUT2D eigenvalue weighted by Gasteiger charge is -2.37. The number of carbonyl (C=O) groups is 1. The SMILES string of the molecule is CNC(=O)C1COCCN1c1c(N)cnc2ccccc12. The monoisotopic (exact) mass is 286 g/mol. The number of likely N-dealkylation sites (N-methyl/N-ethyl adjacent to an activating group) is 1. The quantitative estimate of drug-likeness (QED) is 0.852. The maximum atomic E-state index is 12.1. The molecule has 1 aliphatic rings. The van der Waals surface area contributed by atoms with Crippen molar-refractivity contribution in [3.8, 4) is 0 Å². The van der Waals surface area contributed by atoms with E-state index in [1.54, 1.807) is 13.2 Å². The molecule has 110 valence electrons. The fourth-order valence-corrected chi connectivity index (χ4v) is 2.72. The van der Waals surface area contributed by atoms with Crippen LogP contribution in [0.25, 0.3) is 10.9 Å². The lowest BCUT2D eigenvalue weighted by atomic mass is 10.1. The molecule has 1 aromatic heterocycles. The lowest BCUT2D eigenvalue weighted by Crippen LogP contribution is -2.53. The maximum Gasteiger partial charge on any atom is 0.244 e. The van der Waals surface area contributed by atoms with E-state index < -0.39 is 0 Å². The highest BCUT2D eigenvalue weighted by atomic mass is 16.5. The van der Waals surface area contributed by atoms with E-state index in [2.05, 4.69) is 10.3 Å². The van der Waals surface area contributed by atoms with Crippen LogP contribution in [0.4, 0.5) is 11.4 Å². The molecule has 0 radical (unpaired) electrons. The first kappa shape index (κ1) is 13.6. The number of pyridine rings is 1. The molecular weight excluding hydrogens is 268 g/mol. The summed E-state index contributed by atoms with van der Waals surface area (Å²) in [5.41, 5.74) is 8.44. The number of anilines is 2. The van der Waals surface area contributed by atoms with E-state index in [4.69, 9.17) is 10.5 Å². The molecule has 2 heterocycles. The molecule has 1 amide bonds. The number of para-hydroxylation sites is 1. The Kier molecular flexibility index (Phi) is 3.62. The summed E-state index contributed by atoms with van der Waals surface area (Å²) in [6.07, 6.45) is 1.65. The van der Waals surface area contributed by atoms with Gasteiger partial charge in [-0.1, -0.05) is 18.2 Å². The highest BCUT2D eigenvalue weighted by molar-refractivity contribution is 5.99.